The van der Waals surface area contributed by atoms with E-state index >= 15 is 0 Å². The quantitative estimate of drug-likeness (QED) is 0.491. The molecular weight excluding hydrogens is 468 g/mol. The number of anilines is 1. The van der Waals surface area contributed by atoms with Crippen molar-refractivity contribution in [2.45, 2.75) is 0 Å². The van der Waals surface area contributed by atoms with Crippen molar-refractivity contribution in [3.05, 3.63) is 105 Å². The predicted octanol–water partition coefficient (Wildman–Crippen LogP) is 5.64. The number of amidine groups is 1. The predicted molar refractivity (Wildman–Crippen MR) is 121 cm³/mol. The molecule has 0 aliphatic carbocycles. The Labute approximate surface area is 186 Å². The summed E-state index contributed by atoms with van der Waals surface area (Å²) in [6.07, 6.45) is 1.63. The monoisotopic (exact) mass is 480 g/mol. The summed E-state index contributed by atoms with van der Waals surface area (Å²) in [5.41, 5.74) is 2.37. The summed E-state index contributed by atoms with van der Waals surface area (Å²) in [5, 5.41) is 9.54. The van der Waals surface area contributed by atoms with Crippen molar-refractivity contribution in [2.24, 2.45) is 4.99 Å². The van der Waals surface area contributed by atoms with Crippen molar-refractivity contribution in [3.63, 3.8) is 0 Å². The first-order valence-corrected chi connectivity index (χ1v) is 10.1. The molecule has 4 rings (SSSR count). The van der Waals surface area contributed by atoms with Crippen LogP contribution in [0.3, 0.4) is 0 Å². The average Bonchev–Trinajstić information content (AvgIpc) is 3.05. The Kier molecular flexibility index (Phi) is 5.53. The van der Waals surface area contributed by atoms with Gasteiger partial charge in [-0.2, -0.15) is 0 Å². The van der Waals surface area contributed by atoms with E-state index in [1.165, 1.54) is 17.0 Å². The van der Waals surface area contributed by atoms with Gasteiger partial charge in [-0.3, -0.25) is 9.69 Å². The topological polar surface area (TPSA) is 70.0 Å². The van der Waals surface area contributed by atoms with E-state index in [2.05, 4.69) is 20.9 Å². The van der Waals surface area contributed by atoms with Crippen molar-refractivity contribution in [1.29, 1.82) is 0 Å². The number of carbonyl (C=O) groups is 2. The number of amides is 1. The van der Waals surface area contributed by atoms with Crippen LogP contribution in [0.2, 0.25) is 5.02 Å². The molecule has 0 fully saturated rings. The molecule has 30 heavy (non-hydrogen) atoms. The highest BCUT2D eigenvalue weighted by atomic mass is 79.9. The van der Waals surface area contributed by atoms with Gasteiger partial charge in [-0.15, -0.1) is 0 Å². The van der Waals surface area contributed by atoms with Crippen LogP contribution in [0.4, 0.5) is 5.69 Å². The van der Waals surface area contributed by atoms with Crippen molar-refractivity contribution < 1.29 is 14.7 Å². The van der Waals surface area contributed by atoms with E-state index in [0.717, 1.165) is 4.47 Å². The first-order chi connectivity index (χ1) is 14.4. The molecule has 5 nitrogen and oxygen atoms in total. The second-order valence-corrected chi connectivity index (χ2v) is 7.81. The van der Waals surface area contributed by atoms with Crippen molar-refractivity contribution in [2.75, 3.05) is 4.90 Å². The first kappa shape index (κ1) is 20.1. The zero-order valence-corrected chi connectivity index (χ0v) is 17.8. The minimum atomic E-state index is -1.01. The van der Waals surface area contributed by atoms with E-state index in [0.29, 0.717) is 27.7 Å². The zero-order chi connectivity index (χ0) is 21.3. The van der Waals surface area contributed by atoms with Gasteiger partial charge in [0.15, 0.2) is 0 Å². The molecule has 0 radical (unpaired) electrons. The van der Waals surface area contributed by atoms with E-state index in [-0.39, 0.29) is 17.2 Å². The summed E-state index contributed by atoms with van der Waals surface area (Å²) < 4.78 is 0.892. The minimum Gasteiger partial charge on any atom is -0.478 e. The van der Waals surface area contributed by atoms with Crippen LogP contribution in [0.25, 0.3) is 6.08 Å². The number of carboxylic acids is 1. The lowest BCUT2D eigenvalue weighted by Crippen LogP contribution is -2.32. The molecular formula is C23H14BrClN2O3. The van der Waals surface area contributed by atoms with Crippen LogP contribution in [0, 0.1) is 0 Å². The Morgan fingerprint density at radius 1 is 1.00 bits per heavy atom. The van der Waals surface area contributed by atoms with E-state index < -0.39 is 5.97 Å². The number of hydrogen-bond donors (Lipinski definition) is 1. The lowest BCUT2D eigenvalue weighted by molar-refractivity contribution is -0.113. The van der Waals surface area contributed by atoms with Gasteiger partial charge in [-0.05, 0) is 60.2 Å². The summed E-state index contributed by atoms with van der Waals surface area (Å²) in [5.74, 6) is -0.873. The van der Waals surface area contributed by atoms with Crippen LogP contribution in [0.5, 0.6) is 0 Å². The number of halogens is 2. The number of carbonyl (C=O) groups excluding carboxylic acids is 1. The summed E-state index contributed by atoms with van der Waals surface area (Å²) >= 11 is 9.79. The Morgan fingerprint density at radius 2 is 1.67 bits per heavy atom. The van der Waals surface area contributed by atoms with Crippen molar-refractivity contribution >= 4 is 57.0 Å². The van der Waals surface area contributed by atoms with E-state index in [9.17, 15) is 9.59 Å². The maximum atomic E-state index is 13.3. The highest BCUT2D eigenvalue weighted by Crippen LogP contribution is 2.31. The van der Waals surface area contributed by atoms with Gasteiger partial charge in [0.1, 0.15) is 11.5 Å². The molecule has 148 valence electrons. The zero-order valence-electron chi connectivity index (χ0n) is 15.4. The summed E-state index contributed by atoms with van der Waals surface area (Å²) in [6, 6.07) is 20.8. The lowest BCUT2D eigenvalue weighted by atomic mass is 10.1. The number of carboxylic acid groups (broad SMARTS) is 1. The molecule has 3 aromatic rings. The fourth-order valence-corrected chi connectivity index (χ4v) is 3.53. The highest BCUT2D eigenvalue weighted by Gasteiger charge is 2.33. The lowest BCUT2D eigenvalue weighted by Gasteiger charge is -2.19. The van der Waals surface area contributed by atoms with Crippen LogP contribution < -0.4 is 4.90 Å². The van der Waals surface area contributed by atoms with Crippen LogP contribution in [-0.4, -0.2) is 22.8 Å². The normalized spacial score (nSPS) is 14.9. The maximum Gasteiger partial charge on any atom is 0.335 e. The highest BCUT2D eigenvalue weighted by molar-refractivity contribution is 9.10. The molecule has 1 amide bonds. The number of benzene rings is 3. The molecule has 0 atom stereocenters. The second kappa shape index (κ2) is 8.26. The molecule has 1 N–H and O–H groups in total. The van der Waals surface area contributed by atoms with Crippen LogP contribution in [-0.2, 0) is 4.79 Å². The third kappa shape index (κ3) is 3.92. The molecule has 1 aliphatic heterocycles. The molecule has 0 spiro atoms. The minimum absolute atomic E-state index is 0.173. The summed E-state index contributed by atoms with van der Waals surface area (Å²) in [7, 11) is 0. The molecule has 0 aromatic heterocycles. The van der Waals surface area contributed by atoms with Gasteiger partial charge in [0, 0.05) is 10.0 Å². The third-order valence-electron chi connectivity index (χ3n) is 4.52. The molecule has 1 heterocycles. The van der Waals surface area contributed by atoms with Gasteiger partial charge < -0.3 is 5.11 Å². The number of rotatable bonds is 4. The fourth-order valence-electron chi connectivity index (χ4n) is 3.05. The largest absolute Gasteiger partial charge is 0.478 e. The van der Waals surface area contributed by atoms with Gasteiger partial charge in [0.25, 0.3) is 5.91 Å². The fraction of sp³-hybridized carbons (Fsp3) is 0. The first-order valence-electron chi connectivity index (χ1n) is 8.93. The van der Waals surface area contributed by atoms with Gasteiger partial charge in [0.05, 0.1) is 16.3 Å². The Balaban J connectivity index is 1.80. The Morgan fingerprint density at radius 3 is 2.30 bits per heavy atom. The number of hydrogen-bond acceptors (Lipinski definition) is 3. The van der Waals surface area contributed by atoms with Crippen molar-refractivity contribution in [1.82, 2.24) is 0 Å². The second-order valence-electron chi connectivity index (χ2n) is 6.49. The number of aliphatic imine (C=N–C) groups is 1. The standard InChI is InChI=1S/C23H14BrClN2O3/c24-16-9-11-17(12-10-16)27-21(18-3-1-2-4-19(18)25)26-20(22(27)28)13-14-5-7-15(8-6-14)23(29)30/h1-13H,(H,29,30)/b20-13+. The maximum absolute atomic E-state index is 13.3. The number of aromatic carboxylic acids is 1. The van der Waals surface area contributed by atoms with E-state index in [1.54, 1.807) is 24.3 Å². The van der Waals surface area contributed by atoms with Gasteiger partial charge in [0.2, 0.25) is 0 Å². The van der Waals surface area contributed by atoms with E-state index in [4.69, 9.17) is 16.7 Å². The molecule has 0 saturated heterocycles. The molecule has 0 saturated carbocycles. The Hall–Kier alpha value is -3.22. The molecule has 7 heteroatoms. The number of nitrogens with zero attached hydrogens (tertiary/aromatic N) is 2. The average molecular weight is 482 g/mol. The smallest absolute Gasteiger partial charge is 0.335 e. The van der Waals surface area contributed by atoms with Gasteiger partial charge in [-0.25, -0.2) is 9.79 Å². The van der Waals surface area contributed by atoms with Crippen LogP contribution in [0.15, 0.2) is 88.0 Å². The third-order valence-corrected chi connectivity index (χ3v) is 5.38. The molecule has 1 aliphatic rings. The molecule has 3 aromatic carbocycles. The Bertz CT molecular complexity index is 1200. The summed E-state index contributed by atoms with van der Waals surface area (Å²) in [6.45, 7) is 0. The van der Waals surface area contributed by atoms with Gasteiger partial charge >= 0.3 is 5.97 Å². The van der Waals surface area contributed by atoms with Crippen LogP contribution in [0.1, 0.15) is 21.5 Å². The van der Waals surface area contributed by atoms with Crippen LogP contribution >= 0.6 is 27.5 Å². The van der Waals surface area contributed by atoms with E-state index in [1.807, 2.05) is 42.5 Å². The van der Waals surface area contributed by atoms with Gasteiger partial charge in [-0.1, -0.05) is 51.8 Å². The molecule has 0 unspecified atom stereocenters. The summed E-state index contributed by atoms with van der Waals surface area (Å²) in [4.78, 5) is 30.4. The van der Waals surface area contributed by atoms with Crippen molar-refractivity contribution in [3.8, 4) is 0 Å². The SMILES string of the molecule is O=C(O)c1ccc(/C=C2/N=C(c3ccccc3Cl)N(c3ccc(Br)cc3)C2=O)cc1. The molecule has 0 bridgehead atoms.